The molecule has 128 valence electrons. The lowest BCUT2D eigenvalue weighted by atomic mass is 10.1. The van der Waals surface area contributed by atoms with Crippen molar-refractivity contribution in [2.75, 3.05) is 5.32 Å². The number of benzene rings is 2. The molecule has 1 aromatic heterocycles. The van der Waals surface area contributed by atoms with Crippen LogP contribution in [0.25, 0.3) is 0 Å². The molecule has 3 aromatic rings. The molecular weight excluding hydrogens is 402 g/mol. The van der Waals surface area contributed by atoms with Crippen LogP contribution in [0, 0.1) is 13.8 Å². The van der Waals surface area contributed by atoms with Gasteiger partial charge in [-0.25, -0.2) is 0 Å². The third kappa shape index (κ3) is 4.30. The van der Waals surface area contributed by atoms with Gasteiger partial charge in [0.25, 0.3) is 5.91 Å². The van der Waals surface area contributed by atoms with E-state index in [-0.39, 0.29) is 5.91 Å². The number of anilines is 1. The average Bonchev–Trinajstić information content (AvgIpc) is 2.88. The molecule has 0 saturated carbocycles. The monoisotopic (exact) mass is 417 g/mol. The Bertz CT molecular complexity index is 919. The number of carbonyl (C=O) groups is 1. The van der Waals surface area contributed by atoms with E-state index in [1.807, 2.05) is 54.9 Å². The summed E-state index contributed by atoms with van der Waals surface area (Å²) >= 11 is 9.48. The van der Waals surface area contributed by atoms with E-state index in [4.69, 9.17) is 11.6 Å². The molecule has 1 N–H and O–H groups in total. The van der Waals surface area contributed by atoms with Gasteiger partial charge in [0.2, 0.25) is 0 Å². The van der Waals surface area contributed by atoms with Crippen molar-refractivity contribution in [1.29, 1.82) is 0 Å². The van der Waals surface area contributed by atoms with E-state index < -0.39 is 0 Å². The largest absolute Gasteiger partial charge is 0.321 e. The van der Waals surface area contributed by atoms with Crippen molar-refractivity contribution in [3.63, 3.8) is 0 Å². The average molecular weight is 419 g/mol. The molecule has 0 aliphatic heterocycles. The second kappa shape index (κ2) is 7.42. The summed E-state index contributed by atoms with van der Waals surface area (Å²) in [5, 5.41) is 7.77. The number of nitrogens with zero attached hydrogens (tertiary/aromatic N) is 2. The Morgan fingerprint density at radius 3 is 2.48 bits per heavy atom. The van der Waals surface area contributed by atoms with E-state index in [9.17, 15) is 4.79 Å². The summed E-state index contributed by atoms with van der Waals surface area (Å²) in [6.07, 6.45) is 0. The predicted molar refractivity (Wildman–Crippen MR) is 104 cm³/mol. The SMILES string of the molecule is Cc1cc(C)n(Cc2ccc(C(=O)Nc3ccc(Br)cc3Cl)cc2)n1. The Hall–Kier alpha value is -2.11. The molecule has 3 rings (SSSR count). The summed E-state index contributed by atoms with van der Waals surface area (Å²) in [5.74, 6) is -0.193. The van der Waals surface area contributed by atoms with Crippen molar-refractivity contribution in [3.8, 4) is 0 Å². The fourth-order valence-corrected chi connectivity index (χ4v) is 3.28. The Kier molecular flexibility index (Phi) is 5.25. The normalized spacial score (nSPS) is 10.7. The molecule has 0 saturated heterocycles. The number of hydrogen-bond acceptors (Lipinski definition) is 2. The van der Waals surface area contributed by atoms with Crippen molar-refractivity contribution in [2.24, 2.45) is 0 Å². The third-order valence-electron chi connectivity index (χ3n) is 3.83. The van der Waals surface area contributed by atoms with Gasteiger partial charge in [0, 0.05) is 15.7 Å². The van der Waals surface area contributed by atoms with Crippen molar-refractivity contribution >= 4 is 39.1 Å². The molecular formula is C19H17BrClN3O. The second-order valence-corrected chi connectivity index (χ2v) is 7.18. The van der Waals surface area contributed by atoms with Gasteiger partial charge >= 0.3 is 0 Å². The number of rotatable bonds is 4. The number of aryl methyl sites for hydroxylation is 2. The van der Waals surface area contributed by atoms with Gasteiger partial charge in [-0.3, -0.25) is 9.48 Å². The minimum atomic E-state index is -0.193. The van der Waals surface area contributed by atoms with Gasteiger partial charge in [-0.2, -0.15) is 5.10 Å². The van der Waals surface area contributed by atoms with Gasteiger partial charge in [-0.1, -0.05) is 39.7 Å². The molecule has 4 nitrogen and oxygen atoms in total. The van der Waals surface area contributed by atoms with Crippen LogP contribution >= 0.6 is 27.5 Å². The smallest absolute Gasteiger partial charge is 0.255 e. The highest BCUT2D eigenvalue weighted by Crippen LogP contribution is 2.26. The molecule has 0 spiro atoms. The van der Waals surface area contributed by atoms with Crippen LogP contribution in [0.3, 0.4) is 0 Å². The number of carbonyl (C=O) groups excluding carboxylic acids is 1. The van der Waals surface area contributed by atoms with E-state index >= 15 is 0 Å². The predicted octanol–water partition coefficient (Wildman–Crippen LogP) is 5.22. The molecule has 0 fully saturated rings. The molecule has 1 heterocycles. The van der Waals surface area contributed by atoms with Gasteiger partial charge < -0.3 is 5.32 Å². The Labute approximate surface area is 159 Å². The first-order valence-electron chi connectivity index (χ1n) is 7.79. The maximum atomic E-state index is 12.4. The Morgan fingerprint density at radius 2 is 1.88 bits per heavy atom. The van der Waals surface area contributed by atoms with Crippen LogP contribution in [-0.4, -0.2) is 15.7 Å². The summed E-state index contributed by atoms with van der Waals surface area (Å²) in [4.78, 5) is 12.4. The van der Waals surface area contributed by atoms with Crippen LogP contribution in [0.4, 0.5) is 5.69 Å². The zero-order valence-corrected chi connectivity index (χ0v) is 16.2. The molecule has 0 unspecified atom stereocenters. The minimum absolute atomic E-state index is 0.193. The van der Waals surface area contributed by atoms with Crippen LogP contribution in [0.15, 0.2) is 53.0 Å². The number of nitrogens with one attached hydrogen (secondary N) is 1. The van der Waals surface area contributed by atoms with Crippen LogP contribution in [0.5, 0.6) is 0 Å². The van der Waals surface area contributed by atoms with Crippen LogP contribution in [0.2, 0.25) is 5.02 Å². The lowest BCUT2D eigenvalue weighted by Gasteiger charge is -2.09. The van der Waals surface area contributed by atoms with Crippen LogP contribution < -0.4 is 5.32 Å². The van der Waals surface area contributed by atoms with Crippen molar-refractivity contribution in [1.82, 2.24) is 9.78 Å². The first-order chi connectivity index (χ1) is 11.9. The molecule has 25 heavy (non-hydrogen) atoms. The summed E-state index contributed by atoms with van der Waals surface area (Å²) in [6.45, 7) is 4.69. The third-order valence-corrected chi connectivity index (χ3v) is 4.64. The van der Waals surface area contributed by atoms with Crippen molar-refractivity contribution in [3.05, 3.63) is 80.5 Å². The zero-order chi connectivity index (χ0) is 18.0. The minimum Gasteiger partial charge on any atom is -0.321 e. The van der Waals surface area contributed by atoms with Gasteiger partial charge in [0.15, 0.2) is 0 Å². The molecule has 1 amide bonds. The van der Waals surface area contributed by atoms with Crippen LogP contribution in [-0.2, 0) is 6.54 Å². The molecule has 0 atom stereocenters. The highest BCUT2D eigenvalue weighted by molar-refractivity contribution is 9.10. The summed E-state index contributed by atoms with van der Waals surface area (Å²) in [6, 6.07) is 14.9. The summed E-state index contributed by atoms with van der Waals surface area (Å²) in [7, 11) is 0. The van der Waals surface area contributed by atoms with Crippen molar-refractivity contribution < 1.29 is 4.79 Å². The highest BCUT2D eigenvalue weighted by Gasteiger charge is 2.09. The molecule has 0 aliphatic carbocycles. The second-order valence-electron chi connectivity index (χ2n) is 5.86. The molecule has 0 radical (unpaired) electrons. The van der Waals surface area contributed by atoms with Gasteiger partial charge in [0.05, 0.1) is 22.9 Å². The van der Waals surface area contributed by atoms with Crippen molar-refractivity contribution in [2.45, 2.75) is 20.4 Å². The Balaban J connectivity index is 1.71. The van der Waals surface area contributed by atoms with E-state index in [1.54, 1.807) is 12.1 Å². The quantitative estimate of drug-likeness (QED) is 0.631. The summed E-state index contributed by atoms with van der Waals surface area (Å²) in [5.41, 5.74) is 4.37. The molecule has 0 bridgehead atoms. The number of hydrogen-bond donors (Lipinski definition) is 1. The maximum absolute atomic E-state index is 12.4. The maximum Gasteiger partial charge on any atom is 0.255 e. The highest BCUT2D eigenvalue weighted by atomic mass is 79.9. The first-order valence-corrected chi connectivity index (χ1v) is 8.96. The van der Waals surface area contributed by atoms with E-state index in [2.05, 4.69) is 26.3 Å². The lowest BCUT2D eigenvalue weighted by molar-refractivity contribution is 0.102. The molecule has 0 aliphatic rings. The zero-order valence-electron chi connectivity index (χ0n) is 13.9. The fraction of sp³-hybridized carbons (Fsp3) is 0.158. The number of halogens is 2. The fourth-order valence-electron chi connectivity index (χ4n) is 2.55. The van der Waals surface area contributed by atoms with E-state index in [1.165, 1.54) is 0 Å². The van der Waals surface area contributed by atoms with Gasteiger partial charge in [-0.15, -0.1) is 0 Å². The van der Waals surface area contributed by atoms with Gasteiger partial charge in [-0.05, 0) is 55.8 Å². The first kappa shape index (κ1) is 17.7. The number of aromatic nitrogens is 2. The lowest BCUT2D eigenvalue weighted by Crippen LogP contribution is -2.12. The molecule has 6 heteroatoms. The topological polar surface area (TPSA) is 46.9 Å². The standard InChI is InChI=1S/C19H17BrClN3O/c1-12-9-13(2)24(23-12)11-14-3-5-15(6-4-14)19(25)22-18-8-7-16(20)10-17(18)21/h3-10H,11H2,1-2H3,(H,22,25). The van der Waals surface area contributed by atoms with Gasteiger partial charge in [0.1, 0.15) is 0 Å². The Morgan fingerprint density at radius 1 is 1.16 bits per heavy atom. The van der Waals surface area contributed by atoms with E-state index in [0.717, 1.165) is 21.4 Å². The van der Waals surface area contributed by atoms with Crippen LogP contribution in [0.1, 0.15) is 27.3 Å². The molecule has 2 aromatic carbocycles. The summed E-state index contributed by atoms with van der Waals surface area (Å²) < 4.78 is 2.82. The van der Waals surface area contributed by atoms with E-state index in [0.29, 0.717) is 22.8 Å². The number of amides is 1.